The van der Waals surface area contributed by atoms with Crippen LogP contribution in [0, 0.1) is 5.82 Å². The first-order valence-corrected chi connectivity index (χ1v) is 7.72. The molecular formula is C17H20FN6O+. The molecule has 0 bridgehead atoms. The molecule has 0 spiro atoms. The zero-order chi connectivity index (χ0) is 17.8. The SMILES string of the molecule is Cn1cc(NC2=CNC(=CC[NH3+])C(Oc3ccc(N)cc3F)=C2)cn1. The molecule has 0 radical (unpaired) electrons. The minimum Gasteiger partial charge on any atom is -0.452 e. The number of nitrogens with two attached hydrogens (primary N) is 1. The Morgan fingerprint density at radius 2 is 2.32 bits per heavy atom. The van der Waals surface area contributed by atoms with Crippen LogP contribution in [0.25, 0.3) is 0 Å². The summed E-state index contributed by atoms with van der Waals surface area (Å²) in [7, 11) is 1.84. The van der Waals surface area contributed by atoms with Gasteiger partial charge in [-0.2, -0.15) is 5.10 Å². The lowest BCUT2D eigenvalue weighted by Gasteiger charge is -2.20. The summed E-state index contributed by atoms with van der Waals surface area (Å²) in [5.41, 5.74) is 12.0. The van der Waals surface area contributed by atoms with E-state index in [9.17, 15) is 4.39 Å². The van der Waals surface area contributed by atoms with Gasteiger partial charge in [-0.1, -0.05) is 0 Å². The topological polar surface area (TPSA) is 105 Å². The molecule has 1 aromatic carbocycles. The summed E-state index contributed by atoms with van der Waals surface area (Å²) < 4.78 is 21.5. The highest BCUT2D eigenvalue weighted by atomic mass is 19.1. The van der Waals surface area contributed by atoms with Crippen molar-refractivity contribution in [3.05, 3.63) is 71.9 Å². The molecule has 0 saturated carbocycles. The van der Waals surface area contributed by atoms with E-state index in [1.807, 2.05) is 19.3 Å². The number of quaternary nitrogens is 1. The molecule has 0 aliphatic carbocycles. The van der Waals surface area contributed by atoms with Gasteiger partial charge in [-0.15, -0.1) is 0 Å². The second kappa shape index (κ2) is 7.10. The third kappa shape index (κ3) is 3.99. The molecule has 7 nitrogen and oxygen atoms in total. The lowest BCUT2D eigenvalue weighted by atomic mass is 10.2. The third-order valence-electron chi connectivity index (χ3n) is 3.45. The van der Waals surface area contributed by atoms with E-state index in [1.54, 1.807) is 29.2 Å². The number of halogens is 1. The van der Waals surface area contributed by atoms with Crippen molar-refractivity contribution in [1.29, 1.82) is 0 Å². The van der Waals surface area contributed by atoms with Crippen LogP contribution in [-0.4, -0.2) is 16.3 Å². The molecule has 0 atom stereocenters. The molecule has 8 heteroatoms. The summed E-state index contributed by atoms with van der Waals surface area (Å²) in [6.45, 7) is 0.562. The minimum absolute atomic E-state index is 0.0971. The molecule has 0 saturated heterocycles. The second-order valence-electron chi connectivity index (χ2n) is 5.48. The molecule has 2 aromatic rings. The molecule has 1 aliphatic rings. The molecule has 3 rings (SSSR count). The number of hydrogen-bond acceptors (Lipinski definition) is 5. The van der Waals surface area contributed by atoms with E-state index < -0.39 is 5.82 Å². The number of allylic oxidation sites excluding steroid dienone is 1. The zero-order valence-corrected chi connectivity index (χ0v) is 13.8. The molecule has 0 amide bonds. The summed E-state index contributed by atoms with van der Waals surface area (Å²) >= 11 is 0. The largest absolute Gasteiger partial charge is 0.452 e. The lowest BCUT2D eigenvalue weighted by molar-refractivity contribution is -0.353. The van der Waals surface area contributed by atoms with E-state index in [0.717, 1.165) is 11.4 Å². The highest BCUT2D eigenvalue weighted by molar-refractivity contribution is 5.52. The van der Waals surface area contributed by atoms with Gasteiger partial charge in [-0.3, -0.25) is 4.68 Å². The molecule has 25 heavy (non-hydrogen) atoms. The molecule has 130 valence electrons. The molecule has 0 fully saturated rings. The Bertz CT molecular complexity index is 868. The van der Waals surface area contributed by atoms with Crippen LogP contribution in [0.5, 0.6) is 5.75 Å². The summed E-state index contributed by atoms with van der Waals surface area (Å²) in [6, 6.07) is 4.31. The fourth-order valence-electron chi connectivity index (χ4n) is 2.32. The number of nitrogens with zero attached hydrogens (tertiary/aromatic N) is 2. The van der Waals surface area contributed by atoms with Gasteiger partial charge in [-0.05, 0) is 18.2 Å². The van der Waals surface area contributed by atoms with Gasteiger partial charge in [0.25, 0.3) is 0 Å². The number of benzene rings is 1. The van der Waals surface area contributed by atoms with Gasteiger partial charge in [0.15, 0.2) is 17.3 Å². The summed E-state index contributed by atoms with van der Waals surface area (Å²) in [5, 5.41) is 10.4. The number of dihydropyridines is 1. The van der Waals surface area contributed by atoms with Crippen LogP contribution in [0.15, 0.2) is 66.1 Å². The Kier molecular flexibility index (Phi) is 4.71. The van der Waals surface area contributed by atoms with Crippen LogP contribution >= 0.6 is 0 Å². The van der Waals surface area contributed by atoms with Crippen molar-refractivity contribution >= 4 is 11.4 Å². The van der Waals surface area contributed by atoms with Crippen molar-refractivity contribution in [2.45, 2.75) is 0 Å². The fraction of sp³-hybridized carbons (Fsp3) is 0.118. The van der Waals surface area contributed by atoms with E-state index in [-0.39, 0.29) is 5.75 Å². The van der Waals surface area contributed by atoms with Crippen LogP contribution in [0.2, 0.25) is 0 Å². The predicted molar refractivity (Wildman–Crippen MR) is 93.4 cm³/mol. The summed E-state index contributed by atoms with van der Waals surface area (Å²) in [6.07, 6.45) is 8.98. The van der Waals surface area contributed by atoms with Gasteiger partial charge in [0, 0.05) is 37.3 Å². The van der Waals surface area contributed by atoms with Gasteiger partial charge in [-0.25, -0.2) is 4.39 Å². The molecular weight excluding hydrogens is 323 g/mol. The normalized spacial score (nSPS) is 15.4. The number of nitrogen functional groups attached to an aromatic ring is 1. The number of rotatable bonds is 5. The Morgan fingerprint density at radius 3 is 3.00 bits per heavy atom. The summed E-state index contributed by atoms with van der Waals surface area (Å²) in [5.74, 6) is 0.0484. The standard InChI is InChI=1S/C17H19FN6O/c1-24-10-13(9-22-24)23-12-7-17(15(4-5-19)21-8-12)25-16-3-2-11(20)6-14(16)18/h2-4,6-10,21,23H,5,19-20H2,1H3/p+1. The third-order valence-corrected chi connectivity index (χ3v) is 3.45. The number of anilines is 2. The zero-order valence-electron chi connectivity index (χ0n) is 13.8. The van der Waals surface area contributed by atoms with E-state index in [2.05, 4.69) is 21.5 Å². The molecule has 2 heterocycles. The van der Waals surface area contributed by atoms with E-state index in [1.165, 1.54) is 12.1 Å². The van der Waals surface area contributed by atoms with Crippen molar-refractivity contribution in [2.24, 2.45) is 7.05 Å². The van der Waals surface area contributed by atoms with E-state index >= 15 is 0 Å². The molecule has 1 aromatic heterocycles. The number of aryl methyl sites for hydroxylation is 1. The van der Waals surface area contributed by atoms with E-state index in [4.69, 9.17) is 10.5 Å². The monoisotopic (exact) mass is 343 g/mol. The van der Waals surface area contributed by atoms with Crippen LogP contribution in [0.1, 0.15) is 0 Å². The van der Waals surface area contributed by atoms with Gasteiger partial charge in [0.1, 0.15) is 0 Å². The maximum Gasteiger partial charge on any atom is 0.167 e. The quantitative estimate of drug-likeness (QED) is 0.608. The van der Waals surface area contributed by atoms with Gasteiger partial charge in [0.05, 0.1) is 29.8 Å². The number of aromatic nitrogens is 2. The Hall–Kier alpha value is -3.26. The highest BCUT2D eigenvalue weighted by Gasteiger charge is 2.16. The first kappa shape index (κ1) is 16.6. The molecule has 7 N–H and O–H groups in total. The van der Waals surface area contributed by atoms with Gasteiger partial charge in [0.2, 0.25) is 0 Å². The number of nitrogens with one attached hydrogen (secondary N) is 2. The first-order valence-electron chi connectivity index (χ1n) is 7.72. The average Bonchev–Trinajstić information content (AvgIpc) is 2.97. The second-order valence-corrected chi connectivity index (χ2v) is 5.48. The minimum atomic E-state index is -0.522. The van der Waals surface area contributed by atoms with Crippen molar-refractivity contribution in [2.75, 3.05) is 17.6 Å². The predicted octanol–water partition coefficient (Wildman–Crippen LogP) is 1.09. The Balaban J connectivity index is 1.85. The smallest absolute Gasteiger partial charge is 0.167 e. The van der Waals surface area contributed by atoms with Crippen molar-refractivity contribution in [3.8, 4) is 5.75 Å². The van der Waals surface area contributed by atoms with Crippen LogP contribution < -0.4 is 26.8 Å². The average molecular weight is 343 g/mol. The summed E-state index contributed by atoms with van der Waals surface area (Å²) in [4.78, 5) is 0. The van der Waals surface area contributed by atoms with Crippen molar-refractivity contribution in [1.82, 2.24) is 15.1 Å². The van der Waals surface area contributed by atoms with E-state index in [0.29, 0.717) is 23.7 Å². The lowest BCUT2D eigenvalue weighted by Crippen LogP contribution is -2.49. The molecule has 1 aliphatic heterocycles. The highest BCUT2D eigenvalue weighted by Crippen LogP contribution is 2.26. The fourth-order valence-corrected chi connectivity index (χ4v) is 2.32. The van der Waals surface area contributed by atoms with Crippen molar-refractivity contribution < 1.29 is 14.9 Å². The Morgan fingerprint density at radius 1 is 1.48 bits per heavy atom. The van der Waals surface area contributed by atoms with Gasteiger partial charge >= 0.3 is 0 Å². The maximum absolute atomic E-state index is 14.0. The number of hydrogen-bond donors (Lipinski definition) is 4. The Labute approximate surface area is 144 Å². The van der Waals surface area contributed by atoms with Gasteiger partial charge < -0.3 is 26.8 Å². The maximum atomic E-state index is 14.0. The van der Waals surface area contributed by atoms with Crippen LogP contribution in [0.3, 0.4) is 0 Å². The first-order chi connectivity index (χ1) is 12.0. The number of ether oxygens (including phenoxy) is 1. The van der Waals surface area contributed by atoms with Crippen LogP contribution in [0.4, 0.5) is 15.8 Å². The molecule has 0 unspecified atom stereocenters. The van der Waals surface area contributed by atoms with Crippen LogP contribution in [-0.2, 0) is 7.05 Å². The van der Waals surface area contributed by atoms with Crippen molar-refractivity contribution in [3.63, 3.8) is 0 Å².